The summed E-state index contributed by atoms with van der Waals surface area (Å²) < 4.78 is 67.8. The third kappa shape index (κ3) is 6.10. The average molecular weight is 487 g/mol. The molecular formula is C22H25F3N2O5S. The molecule has 33 heavy (non-hydrogen) atoms. The first-order valence-corrected chi connectivity index (χ1v) is 12.0. The molecule has 1 aliphatic carbocycles. The van der Waals surface area contributed by atoms with Crippen LogP contribution in [0, 0.1) is 15.5 Å². The van der Waals surface area contributed by atoms with Gasteiger partial charge in [0, 0.05) is 19.2 Å². The van der Waals surface area contributed by atoms with Crippen LogP contribution < -0.4 is 4.72 Å². The Morgan fingerprint density at radius 1 is 1.06 bits per heavy atom. The molecule has 1 fully saturated rings. The molecule has 1 aliphatic rings. The summed E-state index contributed by atoms with van der Waals surface area (Å²) in [6.07, 6.45) is -0.559. The molecule has 11 heteroatoms. The fraction of sp³-hybridized carbons (Fsp3) is 0.455. The topological polar surface area (TPSA) is 110 Å². The molecule has 2 aromatic carbocycles. The van der Waals surface area contributed by atoms with Crippen molar-refractivity contribution in [2.45, 2.75) is 49.6 Å². The molecule has 2 N–H and O–H groups in total. The molecular weight excluding hydrogens is 461 g/mol. The smallest absolute Gasteiger partial charge is 0.396 e. The Morgan fingerprint density at radius 3 is 2.21 bits per heavy atom. The highest BCUT2D eigenvalue weighted by Gasteiger charge is 2.40. The number of nitrogens with zero attached hydrogens (tertiary/aromatic N) is 1. The van der Waals surface area contributed by atoms with Crippen molar-refractivity contribution in [1.82, 2.24) is 4.72 Å². The molecule has 2 aromatic rings. The Bertz CT molecular complexity index is 1100. The molecule has 0 amide bonds. The normalized spacial score (nSPS) is 16.1. The van der Waals surface area contributed by atoms with Crippen LogP contribution >= 0.6 is 0 Å². The third-order valence-corrected chi connectivity index (χ3v) is 7.48. The maximum absolute atomic E-state index is 13.3. The van der Waals surface area contributed by atoms with Crippen molar-refractivity contribution in [3.05, 3.63) is 69.3 Å². The molecule has 0 heterocycles. The minimum atomic E-state index is -5.07. The summed E-state index contributed by atoms with van der Waals surface area (Å²) in [4.78, 5) is 9.08. The van der Waals surface area contributed by atoms with Gasteiger partial charge < -0.3 is 5.11 Å². The van der Waals surface area contributed by atoms with Gasteiger partial charge in [-0.2, -0.15) is 13.2 Å². The Labute approximate surface area is 189 Å². The van der Waals surface area contributed by atoms with Crippen molar-refractivity contribution in [3.8, 4) is 0 Å². The van der Waals surface area contributed by atoms with Crippen molar-refractivity contribution in [2.24, 2.45) is 5.41 Å². The van der Waals surface area contributed by atoms with Crippen LogP contribution in [0.15, 0.2) is 47.4 Å². The van der Waals surface area contributed by atoms with Crippen LogP contribution in [0.4, 0.5) is 18.9 Å². The van der Waals surface area contributed by atoms with E-state index in [4.69, 9.17) is 5.11 Å². The number of sulfonamides is 1. The zero-order valence-corrected chi connectivity index (χ0v) is 18.6. The lowest BCUT2D eigenvalue weighted by Crippen LogP contribution is -2.37. The minimum Gasteiger partial charge on any atom is -0.396 e. The maximum Gasteiger partial charge on any atom is 0.423 e. The fourth-order valence-corrected chi connectivity index (χ4v) is 5.51. The molecule has 0 aromatic heterocycles. The number of hydrogen-bond acceptors (Lipinski definition) is 5. The van der Waals surface area contributed by atoms with Crippen LogP contribution in [-0.2, 0) is 29.0 Å². The number of nitro benzene ring substituents is 1. The van der Waals surface area contributed by atoms with Crippen molar-refractivity contribution in [1.29, 1.82) is 0 Å². The van der Waals surface area contributed by atoms with E-state index in [1.807, 2.05) is 24.3 Å². The standard InChI is InChI=1S/C22H25F3N2O5S/c23-22(24,25)19-13-18(7-8-20(19)27(29)30)33(31,32)26-15-21(10-1-2-11-21)14-17-5-3-16(4-6-17)9-12-28/h3-8,13,26,28H,1-2,9-12,14-15H2. The first-order valence-electron chi connectivity index (χ1n) is 10.5. The van der Waals surface area contributed by atoms with Crippen LogP contribution in [-0.4, -0.2) is 31.6 Å². The fourth-order valence-electron chi connectivity index (χ4n) is 4.33. The number of alkyl halides is 3. The summed E-state index contributed by atoms with van der Waals surface area (Å²) in [6.45, 7) is 0.0931. The van der Waals surface area contributed by atoms with Gasteiger partial charge in [-0.1, -0.05) is 37.1 Å². The van der Waals surface area contributed by atoms with E-state index in [1.54, 1.807) is 0 Å². The second-order valence-corrected chi connectivity index (χ2v) is 10.2. The van der Waals surface area contributed by atoms with Gasteiger partial charge in [0.1, 0.15) is 5.56 Å². The van der Waals surface area contributed by atoms with Crippen molar-refractivity contribution in [2.75, 3.05) is 13.2 Å². The SMILES string of the molecule is O=[N+]([O-])c1ccc(S(=O)(=O)NCC2(Cc3ccc(CCO)cc3)CCCC2)cc1C(F)(F)F. The maximum atomic E-state index is 13.3. The van der Waals surface area contributed by atoms with Crippen molar-refractivity contribution < 1.29 is 31.6 Å². The van der Waals surface area contributed by atoms with Gasteiger partial charge in [-0.05, 0) is 54.4 Å². The second kappa shape index (κ2) is 9.78. The Hall–Kier alpha value is -2.50. The highest BCUT2D eigenvalue weighted by molar-refractivity contribution is 7.89. The quantitative estimate of drug-likeness (QED) is 0.407. The summed E-state index contributed by atoms with van der Waals surface area (Å²) in [7, 11) is -4.32. The lowest BCUT2D eigenvalue weighted by Gasteiger charge is -2.29. The largest absolute Gasteiger partial charge is 0.423 e. The van der Waals surface area contributed by atoms with E-state index in [0.717, 1.165) is 42.9 Å². The number of nitrogens with one attached hydrogen (secondary N) is 1. The monoisotopic (exact) mass is 486 g/mol. The Morgan fingerprint density at radius 2 is 1.67 bits per heavy atom. The predicted octanol–water partition coefficient (Wildman–Crippen LogP) is 4.23. The molecule has 1 saturated carbocycles. The molecule has 180 valence electrons. The Balaban J connectivity index is 1.80. The minimum absolute atomic E-state index is 0.0454. The molecule has 7 nitrogen and oxygen atoms in total. The predicted molar refractivity (Wildman–Crippen MR) is 115 cm³/mol. The van der Waals surface area contributed by atoms with Gasteiger partial charge >= 0.3 is 6.18 Å². The van der Waals surface area contributed by atoms with Gasteiger partial charge in [-0.15, -0.1) is 0 Å². The van der Waals surface area contributed by atoms with Gasteiger partial charge in [0.2, 0.25) is 10.0 Å². The summed E-state index contributed by atoms with van der Waals surface area (Å²) in [5.74, 6) is 0. The molecule has 0 saturated heterocycles. The summed E-state index contributed by atoms with van der Waals surface area (Å²) >= 11 is 0. The molecule has 3 rings (SSSR count). The van der Waals surface area contributed by atoms with Crippen LogP contribution in [0.25, 0.3) is 0 Å². The van der Waals surface area contributed by atoms with E-state index in [-0.39, 0.29) is 18.6 Å². The third-order valence-electron chi connectivity index (χ3n) is 6.08. The number of nitro groups is 1. The van der Waals surface area contributed by atoms with E-state index in [9.17, 15) is 31.7 Å². The highest BCUT2D eigenvalue weighted by Crippen LogP contribution is 2.41. The second-order valence-electron chi connectivity index (χ2n) is 8.43. The van der Waals surface area contributed by atoms with Crippen molar-refractivity contribution >= 4 is 15.7 Å². The lowest BCUT2D eigenvalue weighted by molar-refractivity contribution is -0.388. The van der Waals surface area contributed by atoms with E-state index < -0.39 is 37.3 Å². The van der Waals surface area contributed by atoms with Gasteiger partial charge in [-0.3, -0.25) is 10.1 Å². The molecule has 0 atom stereocenters. The first-order chi connectivity index (χ1) is 15.5. The molecule has 0 aliphatic heterocycles. The van der Waals surface area contributed by atoms with Crippen LogP contribution in [0.2, 0.25) is 0 Å². The number of rotatable bonds is 9. The highest BCUT2D eigenvalue weighted by atomic mass is 32.2. The first kappa shape index (κ1) is 25.1. The van der Waals surface area contributed by atoms with Crippen LogP contribution in [0.5, 0.6) is 0 Å². The van der Waals surface area contributed by atoms with Crippen LogP contribution in [0.1, 0.15) is 42.4 Å². The number of hydrogen-bond donors (Lipinski definition) is 2. The van der Waals surface area contributed by atoms with Crippen LogP contribution in [0.3, 0.4) is 0 Å². The number of benzene rings is 2. The molecule has 0 spiro atoms. The Kier molecular flexibility index (Phi) is 7.45. The van der Waals surface area contributed by atoms with E-state index in [0.29, 0.717) is 25.0 Å². The van der Waals surface area contributed by atoms with Gasteiger partial charge in [0.15, 0.2) is 0 Å². The average Bonchev–Trinajstić information content (AvgIpc) is 3.22. The van der Waals surface area contributed by atoms with Gasteiger partial charge in [-0.25, -0.2) is 13.1 Å². The summed E-state index contributed by atoms with van der Waals surface area (Å²) in [5.41, 5.74) is -1.18. The number of halogens is 3. The van der Waals surface area contributed by atoms with Gasteiger partial charge in [0.25, 0.3) is 5.69 Å². The number of aliphatic hydroxyl groups excluding tert-OH is 1. The van der Waals surface area contributed by atoms with E-state index >= 15 is 0 Å². The summed E-state index contributed by atoms with van der Waals surface area (Å²) in [6, 6.07) is 9.38. The number of aliphatic hydroxyl groups is 1. The molecule has 0 bridgehead atoms. The van der Waals surface area contributed by atoms with Gasteiger partial charge in [0.05, 0.1) is 9.82 Å². The zero-order valence-electron chi connectivity index (χ0n) is 17.8. The molecule has 0 unspecified atom stereocenters. The zero-order chi connectivity index (χ0) is 24.3. The molecule has 0 radical (unpaired) electrons. The van der Waals surface area contributed by atoms with E-state index in [2.05, 4.69) is 4.72 Å². The summed E-state index contributed by atoms with van der Waals surface area (Å²) in [5, 5.41) is 20.0. The van der Waals surface area contributed by atoms with E-state index in [1.165, 1.54) is 0 Å². The van der Waals surface area contributed by atoms with Crippen molar-refractivity contribution in [3.63, 3.8) is 0 Å². The lowest BCUT2D eigenvalue weighted by atomic mass is 9.80.